The third-order valence-electron chi connectivity index (χ3n) is 5.25. The summed E-state index contributed by atoms with van der Waals surface area (Å²) in [4.78, 5) is 31.8. The molecule has 35 heavy (non-hydrogen) atoms. The smallest absolute Gasteiger partial charge is 0.338 e. The number of thiazole rings is 1. The summed E-state index contributed by atoms with van der Waals surface area (Å²) in [5.74, 6) is 0.948. The number of benzene rings is 1. The minimum absolute atomic E-state index is 0.186. The third-order valence-corrected chi connectivity index (χ3v) is 9.05. The fourth-order valence-electron chi connectivity index (χ4n) is 3.73. The van der Waals surface area contributed by atoms with Gasteiger partial charge in [-0.15, -0.1) is 0 Å². The van der Waals surface area contributed by atoms with Gasteiger partial charge in [0.05, 0.1) is 47.1 Å². The van der Waals surface area contributed by atoms with Gasteiger partial charge in [0.25, 0.3) is 5.56 Å². The molecular weight excluding hydrogens is 719 g/mol. The van der Waals surface area contributed by atoms with Crippen LogP contribution in [-0.4, -0.2) is 31.4 Å². The van der Waals surface area contributed by atoms with Gasteiger partial charge in [0.15, 0.2) is 20.1 Å². The highest BCUT2D eigenvalue weighted by molar-refractivity contribution is 14.1. The van der Waals surface area contributed by atoms with E-state index < -0.39 is 12.0 Å². The van der Waals surface area contributed by atoms with Crippen LogP contribution in [-0.2, 0) is 9.53 Å². The molecule has 4 rings (SSSR count). The Morgan fingerprint density at radius 2 is 1.91 bits per heavy atom. The van der Waals surface area contributed by atoms with E-state index in [9.17, 15) is 9.59 Å². The molecule has 0 spiro atoms. The molecule has 1 aliphatic heterocycles. The first kappa shape index (κ1) is 26.2. The maximum Gasteiger partial charge on any atom is 0.338 e. The van der Waals surface area contributed by atoms with Crippen LogP contribution in [0.5, 0.6) is 11.5 Å². The largest absolute Gasteiger partial charge is 0.493 e. The number of esters is 1. The van der Waals surface area contributed by atoms with E-state index in [4.69, 9.17) is 18.6 Å². The van der Waals surface area contributed by atoms with E-state index in [-0.39, 0.29) is 17.7 Å². The molecule has 0 saturated heterocycles. The number of fused-ring (bicyclic) bond motifs is 1. The molecule has 0 saturated carbocycles. The summed E-state index contributed by atoms with van der Waals surface area (Å²) in [6.07, 6.45) is 1.67. The standard InChI is InChI=1S/C23H19Br2IN2O6S/c1-5-33-22(30)18-10(2)27-23-28(19(18)12-8-15(31-3)16(32-4)9-13(12)24)21(29)17(35-23)7-11-6-14(25)20(26)34-11/h6-9,19H,5H2,1-4H3/b17-7+/t19-/m0/s1. The lowest BCUT2D eigenvalue weighted by molar-refractivity contribution is -0.139. The Balaban J connectivity index is 2.01. The molecule has 0 aliphatic carbocycles. The topological polar surface area (TPSA) is 92.3 Å². The van der Waals surface area contributed by atoms with Crippen molar-refractivity contribution >= 4 is 77.8 Å². The fraction of sp³-hybridized carbons (Fsp3) is 0.261. The number of aromatic nitrogens is 1. The maximum atomic E-state index is 13.7. The monoisotopic (exact) mass is 736 g/mol. The molecule has 3 aromatic rings. The van der Waals surface area contributed by atoms with Gasteiger partial charge >= 0.3 is 5.97 Å². The van der Waals surface area contributed by atoms with E-state index in [0.29, 0.717) is 46.1 Å². The minimum Gasteiger partial charge on any atom is -0.493 e. The zero-order valence-corrected chi connectivity index (χ0v) is 25.1. The van der Waals surface area contributed by atoms with Gasteiger partial charge in [-0.2, -0.15) is 0 Å². The first-order valence-corrected chi connectivity index (χ1v) is 13.7. The van der Waals surface area contributed by atoms with Gasteiger partial charge in [0, 0.05) is 33.1 Å². The van der Waals surface area contributed by atoms with Crippen molar-refractivity contribution in [2.45, 2.75) is 19.9 Å². The maximum absolute atomic E-state index is 13.7. The third kappa shape index (κ3) is 4.89. The quantitative estimate of drug-likeness (QED) is 0.273. The number of ether oxygens (including phenoxy) is 3. The number of furan rings is 1. The van der Waals surface area contributed by atoms with E-state index >= 15 is 0 Å². The Kier molecular flexibility index (Phi) is 7.93. The van der Waals surface area contributed by atoms with Crippen LogP contribution < -0.4 is 24.4 Å². The van der Waals surface area contributed by atoms with E-state index in [1.807, 2.05) is 0 Å². The summed E-state index contributed by atoms with van der Waals surface area (Å²) >= 11 is 10.3. The zero-order valence-electron chi connectivity index (χ0n) is 19.0. The van der Waals surface area contributed by atoms with E-state index in [0.717, 1.165) is 4.47 Å². The Morgan fingerprint density at radius 1 is 1.23 bits per heavy atom. The number of carbonyl (C=O) groups is 1. The van der Waals surface area contributed by atoms with Gasteiger partial charge in [-0.25, -0.2) is 9.79 Å². The van der Waals surface area contributed by atoms with Crippen LogP contribution in [0.4, 0.5) is 0 Å². The summed E-state index contributed by atoms with van der Waals surface area (Å²) in [6, 6.07) is 4.47. The molecular formula is C23H19Br2IN2O6S. The molecule has 8 nitrogen and oxygen atoms in total. The summed E-state index contributed by atoms with van der Waals surface area (Å²) in [5, 5.41) is 0. The lowest BCUT2D eigenvalue weighted by Gasteiger charge is -2.26. The number of carbonyl (C=O) groups excluding carboxylic acids is 1. The van der Waals surface area contributed by atoms with E-state index in [2.05, 4.69) is 59.4 Å². The fourth-order valence-corrected chi connectivity index (χ4v) is 6.01. The zero-order chi connectivity index (χ0) is 25.4. The van der Waals surface area contributed by atoms with Gasteiger partial charge < -0.3 is 18.6 Å². The molecule has 0 unspecified atom stereocenters. The van der Waals surface area contributed by atoms with Crippen molar-refractivity contribution in [1.29, 1.82) is 0 Å². The van der Waals surface area contributed by atoms with Crippen LogP contribution in [0.15, 0.2) is 52.6 Å². The number of methoxy groups -OCH3 is 2. The van der Waals surface area contributed by atoms with Gasteiger partial charge in [0.2, 0.25) is 0 Å². The number of rotatable bonds is 6. The molecule has 0 bridgehead atoms. The molecule has 12 heteroatoms. The number of nitrogens with zero attached hydrogens (tertiary/aromatic N) is 2. The predicted molar refractivity (Wildman–Crippen MR) is 147 cm³/mol. The van der Waals surface area contributed by atoms with Crippen molar-refractivity contribution in [3.05, 3.63) is 73.2 Å². The normalized spacial score (nSPS) is 15.6. The van der Waals surface area contributed by atoms with Gasteiger partial charge in [0.1, 0.15) is 5.76 Å². The van der Waals surface area contributed by atoms with Crippen LogP contribution in [0.2, 0.25) is 0 Å². The number of hydrogen-bond donors (Lipinski definition) is 0. The Bertz CT molecular complexity index is 1520. The van der Waals surface area contributed by atoms with Crippen LogP contribution in [0, 0.1) is 3.77 Å². The second-order valence-corrected chi connectivity index (χ2v) is 11.0. The first-order chi connectivity index (χ1) is 16.7. The molecule has 184 valence electrons. The van der Waals surface area contributed by atoms with Crippen molar-refractivity contribution in [2.75, 3.05) is 20.8 Å². The molecule has 1 atom stereocenters. The number of halogens is 3. The van der Waals surface area contributed by atoms with E-state index in [1.165, 1.54) is 30.1 Å². The van der Waals surface area contributed by atoms with Crippen molar-refractivity contribution in [3.63, 3.8) is 0 Å². The molecule has 1 aromatic carbocycles. The SMILES string of the molecule is CCOC(=O)C1=C(C)N=c2s/c(=C/c3cc(Br)c(I)o3)c(=O)n2[C@H]1c1cc(OC)c(OC)cc1Br. The summed E-state index contributed by atoms with van der Waals surface area (Å²) in [7, 11) is 3.06. The second kappa shape index (κ2) is 10.6. The molecule has 0 amide bonds. The van der Waals surface area contributed by atoms with Crippen LogP contribution in [0.25, 0.3) is 6.08 Å². The number of allylic oxidation sites excluding steroid dienone is 1. The molecule has 1 aliphatic rings. The Morgan fingerprint density at radius 3 is 2.51 bits per heavy atom. The van der Waals surface area contributed by atoms with Crippen LogP contribution in [0.3, 0.4) is 0 Å². The lowest BCUT2D eigenvalue weighted by Crippen LogP contribution is -2.40. The van der Waals surface area contributed by atoms with Crippen LogP contribution >= 0.6 is 65.8 Å². The lowest BCUT2D eigenvalue weighted by atomic mass is 9.95. The molecule has 2 aromatic heterocycles. The van der Waals surface area contributed by atoms with Gasteiger partial charge in [-0.1, -0.05) is 27.3 Å². The summed E-state index contributed by atoms with van der Waals surface area (Å²) in [5.41, 5.74) is 1.06. The predicted octanol–water partition coefficient (Wildman–Crippen LogP) is 4.54. The minimum atomic E-state index is -0.801. The van der Waals surface area contributed by atoms with E-state index in [1.54, 1.807) is 38.1 Å². The average Bonchev–Trinajstić information content (AvgIpc) is 3.30. The van der Waals surface area contributed by atoms with Crippen molar-refractivity contribution in [3.8, 4) is 11.5 Å². The highest BCUT2D eigenvalue weighted by atomic mass is 127. The van der Waals surface area contributed by atoms with Crippen molar-refractivity contribution in [1.82, 2.24) is 4.57 Å². The van der Waals surface area contributed by atoms with Gasteiger partial charge in [-0.05, 0) is 53.5 Å². The second-order valence-electron chi connectivity index (χ2n) is 7.30. The average molecular weight is 738 g/mol. The Labute approximate surface area is 234 Å². The molecule has 0 radical (unpaired) electrons. The van der Waals surface area contributed by atoms with Crippen LogP contribution in [0.1, 0.15) is 31.2 Å². The number of hydrogen-bond acceptors (Lipinski definition) is 8. The highest BCUT2D eigenvalue weighted by Gasteiger charge is 2.35. The Hall–Kier alpha value is -1.90. The molecule has 0 N–H and O–H groups in total. The highest BCUT2D eigenvalue weighted by Crippen LogP contribution is 2.40. The molecule has 0 fully saturated rings. The van der Waals surface area contributed by atoms with Crippen molar-refractivity contribution in [2.24, 2.45) is 4.99 Å². The summed E-state index contributed by atoms with van der Waals surface area (Å²) in [6.45, 7) is 3.65. The first-order valence-electron chi connectivity index (χ1n) is 10.3. The van der Waals surface area contributed by atoms with Crippen molar-refractivity contribution < 1.29 is 23.4 Å². The van der Waals surface area contributed by atoms with Gasteiger partial charge in [-0.3, -0.25) is 9.36 Å². The molecule has 3 heterocycles. The summed E-state index contributed by atoms with van der Waals surface area (Å²) < 4.78 is 26.0.